The summed E-state index contributed by atoms with van der Waals surface area (Å²) in [6.07, 6.45) is 0. The van der Waals surface area contributed by atoms with Gasteiger partial charge in [-0.25, -0.2) is 9.37 Å². The van der Waals surface area contributed by atoms with Gasteiger partial charge in [0.15, 0.2) is 5.16 Å². The van der Waals surface area contributed by atoms with Crippen molar-refractivity contribution in [3.8, 4) is 11.4 Å². The number of para-hydroxylation sites is 3. The summed E-state index contributed by atoms with van der Waals surface area (Å²) in [7, 11) is 1.65. The fourth-order valence-electron chi connectivity index (χ4n) is 4.36. The molecule has 184 valence electrons. The molecule has 0 unspecified atom stereocenters. The van der Waals surface area contributed by atoms with Crippen molar-refractivity contribution < 1.29 is 13.9 Å². The van der Waals surface area contributed by atoms with Crippen LogP contribution in [0.5, 0.6) is 5.75 Å². The van der Waals surface area contributed by atoms with E-state index in [-0.39, 0.29) is 17.2 Å². The summed E-state index contributed by atoms with van der Waals surface area (Å²) < 4.78 is 20.8. The van der Waals surface area contributed by atoms with E-state index in [1.807, 2.05) is 35.2 Å². The minimum atomic E-state index is -0.451. The molecule has 1 amide bonds. The Morgan fingerprint density at radius 3 is 2.53 bits per heavy atom. The minimum Gasteiger partial charge on any atom is -0.495 e. The first-order valence-electron chi connectivity index (χ1n) is 11.6. The number of thioether (sulfide) groups is 1. The standard InChI is InChI=1S/C27H25FN4O3S/c1-35-24-12-5-4-11-23(24)30-13-15-31(16-14-30)25(33)18-36-27-29-22-10-3-2-9-21(22)26(34)32(27)20-8-6-7-19(28)17-20/h2-12,17H,13-16,18H2,1H3. The van der Waals surface area contributed by atoms with Gasteiger partial charge < -0.3 is 14.5 Å². The normalized spacial score (nSPS) is 13.7. The van der Waals surface area contributed by atoms with Gasteiger partial charge in [-0.3, -0.25) is 14.2 Å². The monoisotopic (exact) mass is 504 g/mol. The molecule has 36 heavy (non-hydrogen) atoms. The average Bonchev–Trinajstić information content (AvgIpc) is 2.92. The Bertz CT molecular complexity index is 1470. The molecule has 1 aliphatic heterocycles. The van der Waals surface area contributed by atoms with Crippen molar-refractivity contribution in [1.82, 2.24) is 14.5 Å². The van der Waals surface area contributed by atoms with Crippen LogP contribution in [0.2, 0.25) is 0 Å². The molecule has 0 saturated carbocycles. The van der Waals surface area contributed by atoms with Gasteiger partial charge in [0.25, 0.3) is 5.56 Å². The Morgan fingerprint density at radius 2 is 1.75 bits per heavy atom. The third-order valence-corrected chi connectivity index (χ3v) is 7.12. The van der Waals surface area contributed by atoms with E-state index in [0.29, 0.717) is 47.9 Å². The summed E-state index contributed by atoms with van der Waals surface area (Å²) in [5.74, 6) is 0.445. The number of carbonyl (C=O) groups is 1. The highest BCUT2D eigenvalue weighted by Gasteiger charge is 2.24. The Morgan fingerprint density at radius 1 is 1.00 bits per heavy atom. The topological polar surface area (TPSA) is 67.7 Å². The molecule has 7 nitrogen and oxygen atoms in total. The minimum absolute atomic E-state index is 0.0344. The second-order valence-electron chi connectivity index (χ2n) is 8.36. The third-order valence-electron chi connectivity index (χ3n) is 6.19. The lowest BCUT2D eigenvalue weighted by Gasteiger charge is -2.36. The maximum atomic E-state index is 14.0. The number of ether oxygens (including phenoxy) is 1. The number of amides is 1. The molecule has 2 heterocycles. The van der Waals surface area contributed by atoms with E-state index in [9.17, 15) is 14.0 Å². The van der Waals surface area contributed by atoms with Crippen LogP contribution in [0.3, 0.4) is 0 Å². The van der Waals surface area contributed by atoms with Crippen molar-refractivity contribution in [2.45, 2.75) is 5.16 Å². The lowest BCUT2D eigenvalue weighted by molar-refractivity contribution is -0.128. The van der Waals surface area contributed by atoms with Crippen molar-refractivity contribution in [3.05, 3.63) is 89.0 Å². The van der Waals surface area contributed by atoms with Crippen LogP contribution >= 0.6 is 11.8 Å². The number of piperazine rings is 1. The van der Waals surface area contributed by atoms with Crippen LogP contribution in [0.1, 0.15) is 0 Å². The third kappa shape index (κ3) is 4.79. The number of carbonyl (C=O) groups excluding carboxylic acids is 1. The highest BCUT2D eigenvalue weighted by Crippen LogP contribution is 2.29. The van der Waals surface area contributed by atoms with Gasteiger partial charge in [0, 0.05) is 26.2 Å². The van der Waals surface area contributed by atoms with Crippen molar-refractivity contribution in [2.24, 2.45) is 0 Å². The van der Waals surface area contributed by atoms with E-state index in [4.69, 9.17) is 4.74 Å². The maximum Gasteiger partial charge on any atom is 0.266 e. The summed E-state index contributed by atoms with van der Waals surface area (Å²) in [6.45, 7) is 2.55. The van der Waals surface area contributed by atoms with Crippen LogP contribution < -0.4 is 15.2 Å². The first kappa shape index (κ1) is 23.9. The molecule has 1 aliphatic rings. The molecule has 4 aromatic rings. The molecule has 1 saturated heterocycles. The summed E-state index contributed by atoms with van der Waals surface area (Å²) >= 11 is 1.19. The molecular formula is C27H25FN4O3S. The summed E-state index contributed by atoms with van der Waals surface area (Å²) in [5.41, 5.74) is 1.63. The molecule has 0 bridgehead atoms. The van der Waals surface area contributed by atoms with Crippen molar-refractivity contribution >= 4 is 34.3 Å². The molecule has 9 heteroatoms. The number of hydrogen-bond donors (Lipinski definition) is 0. The number of benzene rings is 3. The van der Waals surface area contributed by atoms with E-state index in [2.05, 4.69) is 9.88 Å². The zero-order valence-electron chi connectivity index (χ0n) is 19.8. The number of nitrogens with zero attached hydrogens (tertiary/aromatic N) is 4. The second kappa shape index (κ2) is 10.4. The first-order chi connectivity index (χ1) is 17.5. The van der Waals surface area contributed by atoms with E-state index in [1.165, 1.54) is 28.5 Å². The summed E-state index contributed by atoms with van der Waals surface area (Å²) in [6, 6.07) is 20.7. The second-order valence-corrected chi connectivity index (χ2v) is 9.30. The van der Waals surface area contributed by atoms with E-state index >= 15 is 0 Å². The molecule has 0 atom stereocenters. The van der Waals surface area contributed by atoms with Gasteiger partial charge in [0.2, 0.25) is 5.91 Å². The predicted molar refractivity (Wildman–Crippen MR) is 140 cm³/mol. The maximum absolute atomic E-state index is 14.0. The number of rotatable bonds is 6. The van der Waals surface area contributed by atoms with Crippen LogP contribution in [0.4, 0.5) is 10.1 Å². The number of fused-ring (bicyclic) bond motifs is 1. The van der Waals surface area contributed by atoms with Gasteiger partial charge in [0.1, 0.15) is 11.6 Å². The summed E-state index contributed by atoms with van der Waals surface area (Å²) in [4.78, 5) is 35.1. The van der Waals surface area contributed by atoms with Crippen LogP contribution in [0.25, 0.3) is 16.6 Å². The van der Waals surface area contributed by atoms with Gasteiger partial charge in [-0.2, -0.15) is 0 Å². The summed E-state index contributed by atoms with van der Waals surface area (Å²) in [5, 5.41) is 0.787. The lowest BCUT2D eigenvalue weighted by Crippen LogP contribution is -2.49. The van der Waals surface area contributed by atoms with Gasteiger partial charge in [-0.05, 0) is 42.5 Å². The fourth-order valence-corrected chi connectivity index (χ4v) is 5.27. The fraction of sp³-hybridized carbons (Fsp3) is 0.222. The zero-order valence-corrected chi connectivity index (χ0v) is 20.6. The smallest absolute Gasteiger partial charge is 0.266 e. The lowest BCUT2D eigenvalue weighted by atomic mass is 10.2. The van der Waals surface area contributed by atoms with E-state index in [1.54, 1.807) is 37.4 Å². The Kier molecular flexibility index (Phi) is 6.90. The molecule has 0 spiro atoms. The molecule has 5 rings (SSSR count). The Hall–Kier alpha value is -3.85. The molecule has 3 aromatic carbocycles. The van der Waals surface area contributed by atoms with E-state index in [0.717, 1.165) is 11.4 Å². The van der Waals surface area contributed by atoms with Crippen molar-refractivity contribution in [1.29, 1.82) is 0 Å². The highest BCUT2D eigenvalue weighted by atomic mass is 32.2. The van der Waals surface area contributed by atoms with Crippen molar-refractivity contribution in [3.63, 3.8) is 0 Å². The number of halogens is 1. The largest absolute Gasteiger partial charge is 0.495 e. The van der Waals surface area contributed by atoms with Gasteiger partial charge in [-0.1, -0.05) is 42.1 Å². The first-order valence-corrected chi connectivity index (χ1v) is 12.6. The molecule has 1 aromatic heterocycles. The number of anilines is 1. The van der Waals surface area contributed by atoms with E-state index < -0.39 is 5.82 Å². The number of methoxy groups -OCH3 is 1. The SMILES string of the molecule is COc1ccccc1N1CCN(C(=O)CSc2nc3ccccc3c(=O)n2-c2cccc(F)c2)CC1. The Balaban J connectivity index is 1.33. The van der Waals surface area contributed by atoms with Crippen LogP contribution in [-0.4, -0.2) is 59.4 Å². The Labute approximate surface area is 212 Å². The van der Waals surface area contributed by atoms with Gasteiger partial charge in [0.05, 0.1) is 35.1 Å². The zero-order chi connectivity index (χ0) is 25.1. The van der Waals surface area contributed by atoms with Gasteiger partial charge >= 0.3 is 0 Å². The highest BCUT2D eigenvalue weighted by molar-refractivity contribution is 7.99. The average molecular weight is 505 g/mol. The molecule has 0 N–H and O–H groups in total. The predicted octanol–water partition coefficient (Wildman–Crippen LogP) is 3.97. The molecule has 1 fully saturated rings. The van der Waals surface area contributed by atoms with Crippen LogP contribution in [0, 0.1) is 5.82 Å². The van der Waals surface area contributed by atoms with Crippen LogP contribution in [0.15, 0.2) is 82.7 Å². The van der Waals surface area contributed by atoms with Gasteiger partial charge in [-0.15, -0.1) is 0 Å². The molecule has 0 aliphatic carbocycles. The van der Waals surface area contributed by atoms with Crippen LogP contribution in [-0.2, 0) is 4.79 Å². The van der Waals surface area contributed by atoms with Crippen molar-refractivity contribution in [2.75, 3.05) is 43.9 Å². The molecule has 0 radical (unpaired) electrons. The number of aromatic nitrogens is 2. The number of hydrogen-bond acceptors (Lipinski definition) is 6. The molecular weight excluding hydrogens is 479 g/mol. The quantitative estimate of drug-likeness (QED) is 0.292.